The van der Waals surface area contributed by atoms with Gasteiger partial charge in [0, 0.05) is 13.0 Å². The van der Waals surface area contributed by atoms with Gasteiger partial charge in [-0.1, -0.05) is 6.92 Å². The molecule has 1 amide bonds. The van der Waals surface area contributed by atoms with Gasteiger partial charge in [0.05, 0.1) is 13.2 Å². The molecule has 5 nitrogen and oxygen atoms in total. The number of hydrogen-bond acceptors (Lipinski definition) is 4. The third-order valence-electron chi connectivity index (χ3n) is 2.43. The van der Waals surface area contributed by atoms with Crippen LogP contribution in [0, 0.1) is 0 Å². The summed E-state index contributed by atoms with van der Waals surface area (Å²) in [7, 11) is 0. The molecule has 1 heterocycles. The Hall–Kier alpha value is -1.10. The van der Waals surface area contributed by atoms with Crippen LogP contribution in [0.5, 0.6) is 0 Å². The van der Waals surface area contributed by atoms with E-state index >= 15 is 0 Å². The van der Waals surface area contributed by atoms with Gasteiger partial charge >= 0.3 is 6.09 Å². The molecule has 1 rings (SSSR count). The molecule has 0 spiro atoms. The van der Waals surface area contributed by atoms with Gasteiger partial charge in [-0.25, -0.2) is 4.79 Å². The number of carbonyl (C=O) groups is 2. The molecule has 1 atom stereocenters. The number of ether oxygens (including phenoxy) is 2. The van der Waals surface area contributed by atoms with E-state index in [2.05, 4.69) is 0 Å². The molecule has 0 aliphatic carbocycles. The first-order valence-electron chi connectivity index (χ1n) is 5.95. The Kier molecular flexibility index (Phi) is 4.51. The second-order valence-electron chi connectivity index (χ2n) is 5.11. The lowest BCUT2D eigenvalue weighted by atomic mass is 10.1. The van der Waals surface area contributed by atoms with Crippen molar-refractivity contribution in [1.29, 1.82) is 0 Å². The van der Waals surface area contributed by atoms with Gasteiger partial charge in [-0.15, -0.1) is 0 Å². The van der Waals surface area contributed by atoms with Crippen LogP contribution in [0.25, 0.3) is 0 Å². The zero-order chi connectivity index (χ0) is 13.1. The van der Waals surface area contributed by atoms with Crippen molar-refractivity contribution in [2.75, 3.05) is 19.7 Å². The number of Topliss-reactive ketones (excluding diaryl/α,β-unsaturated/α-hetero) is 1. The fourth-order valence-corrected chi connectivity index (χ4v) is 1.56. The molecule has 0 N–H and O–H groups in total. The van der Waals surface area contributed by atoms with Crippen LogP contribution in [0.2, 0.25) is 0 Å². The zero-order valence-corrected chi connectivity index (χ0v) is 11.0. The van der Waals surface area contributed by atoms with Crippen LogP contribution >= 0.6 is 0 Å². The minimum atomic E-state index is -0.514. The highest BCUT2D eigenvalue weighted by Crippen LogP contribution is 2.13. The first-order valence-corrected chi connectivity index (χ1v) is 5.95. The highest BCUT2D eigenvalue weighted by Gasteiger charge is 2.30. The maximum absolute atomic E-state index is 11.8. The standard InChI is InChI=1S/C12H21NO4/c1-5-9(14)10-8-13(6-7-16-10)11(15)17-12(2,3)4/h10H,5-8H2,1-4H3/t10-/m0/s1. The Balaban J connectivity index is 2.55. The van der Waals surface area contributed by atoms with Gasteiger partial charge in [0.15, 0.2) is 5.78 Å². The van der Waals surface area contributed by atoms with Gasteiger partial charge in [-0.3, -0.25) is 4.79 Å². The smallest absolute Gasteiger partial charge is 0.410 e. The zero-order valence-electron chi connectivity index (χ0n) is 11.0. The van der Waals surface area contributed by atoms with Gasteiger partial charge in [0.2, 0.25) is 0 Å². The Morgan fingerprint density at radius 3 is 2.59 bits per heavy atom. The van der Waals surface area contributed by atoms with Crippen molar-refractivity contribution in [2.24, 2.45) is 0 Å². The molecule has 0 aromatic rings. The summed E-state index contributed by atoms with van der Waals surface area (Å²) in [6.07, 6.45) is -0.455. The van der Waals surface area contributed by atoms with E-state index in [1.165, 1.54) is 4.90 Å². The quantitative estimate of drug-likeness (QED) is 0.739. The third kappa shape index (κ3) is 4.34. The molecule has 1 fully saturated rings. The summed E-state index contributed by atoms with van der Waals surface area (Å²) in [6.45, 7) is 8.40. The average Bonchev–Trinajstić information content (AvgIpc) is 2.26. The number of hydrogen-bond donors (Lipinski definition) is 0. The summed E-state index contributed by atoms with van der Waals surface area (Å²) >= 11 is 0. The van der Waals surface area contributed by atoms with E-state index in [0.29, 0.717) is 26.1 Å². The maximum atomic E-state index is 11.8. The average molecular weight is 243 g/mol. The Bertz CT molecular complexity index is 295. The lowest BCUT2D eigenvalue weighted by Crippen LogP contribution is -2.49. The molecule has 1 saturated heterocycles. The van der Waals surface area contributed by atoms with E-state index in [9.17, 15) is 9.59 Å². The molecule has 5 heteroatoms. The van der Waals surface area contributed by atoms with Crippen LogP contribution in [-0.2, 0) is 14.3 Å². The molecule has 0 bridgehead atoms. The van der Waals surface area contributed by atoms with E-state index in [1.54, 1.807) is 6.92 Å². The Morgan fingerprint density at radius 2 is 2.06 bits per heavy atom. The normalized spacial score (nSPS) is 21.2. The summed E-state index contributed by atoms with van der Waals surface area (Å²) in [5.41, 5.74) is -0.514. The predicted octanol–water partition coefficient (Wildman–Crippen LogP) is 1.60. The maximum Gasteiger partial charge on any atom is 0.410 e. The highest BCUT2D eigenvalue weighted by atomic mass is 16.6. The van der Waals surface area contributed by atoms with Crippen molar-refractivity contribution < 1.29 is 19.1 Å². The molecular weight excluding hydrogens is 222 g/mol. The Morgan fingerprint density at radius 1 is 1.41 bits per heavy atom. The number of ketones is 1. The lowest BCUT2D eigenvalue weighted by molar-refractivity contribution is -0.135. The monoisotopic (exact) mass is 243 g/mol. The summed E-state index contributed by atoms with van der Waals surface area (Å²) in [4.78, 5) is 24.9. The predicted molar refractivity (Wildman–Crippen MR) is 62.8 cm³/mol. The molecule has 17 heavy (non-hydrogen) atoms. The topological polar surface area (TPSA) is 55.8 Å². The molecule has 0 aromatic carbocycles. The van der Waals surface area contributed by atoms with Gasteiger partial charge in [0.1, 0.15) is 11.7 Å². The second kappa shape index (κ2) is 5.49. The largest absolute Gasteiger partial charge is 0.444 e. The van der Waals surface area contributed by atoms with Crippen molar-refractivity contribution >= 4 is 11.9 Å². The van der Waals surface area contributed by atoms with E-state index in [4.69, 9.17) is 9.47 Å². The first-order chi connectivity index (χ1) is 7.83. The fraction of sp³-hybridized carbons (Fsp3) is 0.833. The minimum Gasteiger partial charge on any atom is -0.444 e. The van der Waals surface area contributed by atoms with E-state index in [0.717, 1.165) is 0 Å². The van der Waals surface area contributed by atoms with Crippen LogP contribution in [0.3, 0.4) is 0 Å². The van der Waals surface area contributed by atoms with Crippen molar-refractivity contribution in [1.82, 2.24) is 4.90 Å². The summed E-state index contributed by atoms with van der Waals surface area (Å²) in [6, 6.07) is 0. The van der Waals surface area contributed by atoms with E-state index in [1.807, 2.05) is 20.8 Å². The first kappa shape index (κ1) is 14.0. The number of rotatable bonds is 2. The molecule has 0 aromatic heterocycles. The van der Waals surface area contributed by atoms with Crippen LogP contribution in [0.1, 0.15) is 34.1 Å². The van der Waals surface area contributed by atoms with Crippen LogP contribution < -0.4 is 0 Å². The highest BCUT2D eigenvalue weighted by molar-refractivity contribution is 5.83. The van der Waals surface area contributed by atoms with Crippen molar-refractivity contribution in [2.45, 2.75) is 45.8 Å². The molecule has 1 aliphatic heterocycles. The lowest BCUT2D eigenvalue weighted by Gasteiger charge is -2.33. The van der Waals surface area contributed by atoms with E-state index in [-0.39, 0.29) is 11.9 Å². The van der Waals surface area contributed by atoms with E-state index < -0.39 is 11.7 Å². The van der Waals surface area contributed by atoms with Crippen molar-refractivity contribution in [3.8, 4) is 0 Å². The SMILES string of the molecule is CCC(=O)[C@@H]1CN(C(=O)OC(C)(C)C)CCO1. The molecule has 98 valence electrons. The number of amides is 1. The molecule has 0 unspecified atom stereocenters. The Labute approximate surface area is 102 Å². The fourth-order valence-electron chi connectivity index (χ4n) is 1.56. The number of nitrogens with zero attached hydrogens (tertiary/aromatic N) is 1. The summed E-state index contributed by atoms with van der Waals surface area (Å²) in [5.74, 6) is 0.0262. The molecule has 1 aliphatic rings. The van der Waals surface area contributed by atoms with Crippen molar-refractivity contribution in [3.63, 3.8) is 0 Å². The molecule has 0 radical (unpaired) electrons. The van der Waals surface area contributed by atoms with Gasteiger partial charge in [-0.05, 0) is 20.8 Å². The molecular formula is C12H21NO4. The minimum absolute atomic E-state index is 0.0262. The van der Waals surface area contributed by atoms with Crippen molar-refractivity contribution in [3.05, 3.63) is 0 Å². The van der Waals surface area contributed by atoms with Crippen LogP contribution in [0.15, 0.2) is 0 Å². The number of morpholine rings is 1. The summed E-state index contributed by atoms with van der Waals surface area (Å²) < 4.78 is 10.6. The molecule has 0 saturated carbocycles. The van der Waals surface area contributed by atoms with Gasteiger partial charge in [0.25, 0.3) is 0 Å². The van der Waals surface area contributed by atoms with Crippen LogP contribution in [-0.4, -0.2) is 48.2 Å². The van der Waals surface area contributed by atoms with Crippen LogP contribution in [0.4, 0.5) is 4.79 Å². The third-order valence-corrected chi connectivity index (χ3v) is 2.43. The second-order valence-corrected chi connectivity index (χ2v) is 5.11. The summed E-state index contributed by atoms with van der Waals surface area (Å²) in [5, 5.41) is 0. The number of carbonyl (C=O) groups excluding carboxylic acids is 2. The van der Waals surface area contributed by atoms with Gasteiger partial charge in [-0.2, -0.15) is 0 Å². The van der Waals surface area contributed by atoms with Gasteiger partial charge < -0.3 is 14.4 Å².